The lowest BCUT2D eigenvalue weighted by Gasteiger charge is -2.11. The zero-order valence-electron chi connectivity index (χ0n) is 13.6. The molecule has 4 heteroatoms. The van der Waals surface area contributed by atoms with Crippen LogP contribution in [0.2, 0.25) is 0 Å². The van der Waals surface area contributed by atoms with Crippen LogP contribution in [0.5, 0.6) is 0 Å². The Bertz CT molecular complexity index is 942. The van der Waals surface area contributed by atoms with Crippen LogP contribution < -0.4 is 5.32 Å². The first-order valence-electron chi connectivity index (χ1n) is 8.33. The van der Waals surface area contributed by atoms with Crippen LogP contribution in [-0.2, 0) is 12.8 Å². The van der Waals surface area contributed by atoms with E-state index in [1.54, 1.807) is 18.2 Å². The van der Waals surface area contributed by atoms with Gasteiger partial charge >= 0.3 is 0 Å². The number of amides is 1. The van der Waals surface area contributed by atoms with Crippen molar-refractivity contribution in [3.05, 3.63) is 64.6 Å². The Balaban J connectivity index is 1.68. The van der Waals surface area contributed by atoms with Crippen molar-refractivity contribution < 1.29 is 9.18 Å². The Kier molecular flexibility index (Phi) is 3.60. The summed E-state index contributed by atoms with van der Waals surface area (Å²) in [6.07, 6.45) is 4.51. The van der Waals surface area contributed by atoms with Gasteiger partial charge in [0.15, 0.2) is 0 Å². The normalized spacial score (nSPS) is 13.8. The molecule has 0 fully saturated rings. The molecule has 1 aromatic heterocycles. The second-order valence-corrected chi connectivity index (χ2v) is 6.49. The zero-order valence-corrected chi connectivity index (χ0v) is 13.6. The van der Waals surface area contributed by atoms with Gasteiger partial charge in [-0.3, -0.25) is 4.79 Å². The number of H-pyrrole nitrogens is 1. The molecule has 0 aliphatic heterocycles. The van der Waals surface area contributed by atoms with Gasteiger partial charge in [-0.1, -0.05) is 6.07 Å². The summed E-state index contributed by atoms with van der Waals surface area (Å²) in [6, 6.07) is 10.3. The fraction of sp³-hybridized carbons (Fsp3) is 0.250. The summed E-state index contributed by atoms with van der Waals surface area (Å²) in [5.41, 5.74) is 5.36. The van der Waals surface area contributed by atoms with E-state index in [1.165, 1.54) is 30.2 Å². The third-order valence-corrected chi connectivity index (χ3v) is 4.73. The molecule has 0 bridgehead atoms. The van der Waals surface area contributed by atoms with Crippen LogP contribution in [-0.4, -0.2) is 10.9 Å². The fourth-order valence-electron chi connectivity index (χ4n) is 3.48. The SMILES string of the molecule is Cc1ccc(F)c(NC(=O)c2ccc3[nH]c4c(c3c2)CCCC4)c1. The van der Waals surface area contributed by atoms with Crippen LogP contribution in [0, 0.1) is 12.7 Å². The molecule has 0 spiro atoms. The number of carbonyl (C=O) groups is 1. The molecule has 1 aliphatic carbocycles. The molecule has 0 saturated carbocycles. The summed E-state index contributed by atoms with van der Waals surface area (Å²) in [5.74, 6) is -0.707. The second kappa shape index (κ2) is 5.78. The van der Waals surface area contributed by atoms with E-state index in [2.05, 4.69) is 10.3 Å². The van der Waals surface area contributed by atoms with Crippen molar-refractivity contribution in [1.29, 1.82) is 0 Å². The fourth-order valence-corrected chi connectivity index (χ4v) is 3.48. The molecule has 3 aromatic rings. The molecule has 0 radical (unpaired) electrons. The van der Waals surface area contributed by atoms with E-state index in [0.717, 1.165) is 29.3 Å². The van der Waals surface area contributed by atoms with E-state index in [4.69, 9.17) is 0 Å². The first-order valence-corrected chi connectivity index (χ1v) is 8.33. The smallest absolute Gasteiger partial charge is 0.255 e. The molecule has 1 amide bonds. The molecule has 1 heterocycles. The van der Waals surface area contributed by atoms with Gasteiger partial charge in [0.1, 0.15) is 5.82 Å². The van der Waals surface area contributed by atoms with E-state index in [-0.39, 0.29) is 11.6 Å². The average Bonchev–Trinajstić information content (AvgIpc) is 2.96. The minimum absolute atomic E-state index is 0.219. The van der Waals surface area contributed by atoms with Crippen LogP contribution in [0.15, 0.2) is 36.4 Å². The molecule has 122 valence electrons. The maximum atomic E-state index is 13.9. The number of benzene rings is 2. The number of halogens is 1. The van der Waals surface area contributed by atoms with Crippen molar-refractivity contribution >= 4 is 22.5 Å². The van der Waals surface area contributed by atoms with Crippen LogP contribution in [0.1, 0.15) is 40.0 Å². The highest BCUT2D eigenvalue weighted by Gasteiger charge is 2.17. The molecule has 3 nitrogen and oxygen atoms in total. The van der Waals surface area contributed by atoms with Crippen LogP contribution in [0.4, 0.5) is 10.1 Å². The number of hydrogen-bond acceptors (Lipinski definition) is 1. The molecule has 0 unspecified atom stereocenters. The lowest BCUT2D eigenvalue weighted by Crippen LogP contribution is -2.13. The van der Waals surface area contributed by atoms with E-state index in [0.29, 0.717) is 5.56 Å². The summed E-state index contributed by atoms with van der Waals surface area (Å²) in [7, 11) is 0. The maximum Gasteiger partial charge on any atom is 0.255 e. The molecule has 4 rings (SSSR count). The monoisotopic (exact) mass is 322 g/mol. The topological polar surface area (TPSA) is 44.9 Å². The van der Waals surface area contributed by atoms with E-state index in [1.807, 2.05) is 19.1 Å². The summed E-state index contributed by atoms with van der Waals surface area (Å²) < 4.78 is 13.9. The number of aromatic nitrogens is 1. The predicted octanol–water partition coefficient (Wildman–Crippen LogP) is 4.75. The average molecular weight is 322 g/mol. The van der Waals surface area contributed by atoms with Crippen molar-refractivity contribution in [1.82, 2.24) is 4.98 Å². The Morgan fingerprint density at radius 3 is 2.83 bits per heavy atom. The molecule has 2 aromatic carbocycles. The van der Waals surface area contributed by atoms with Gasteiger partial charge < -0.3 is 10.3 Å². The van der Waals surface area contributed by atoms with Crippen LogP contribution >= 0.6 is 0 Å². The number of nitrogens with one attached hydrogen (secondary N) is 2. The predicted molar refractivity (Wildman–Crippen MR) is 94.0 cm³/mol. The Labute approximate surface area is 139 Å². The van der Waals surface area contributed by atoms with Crippen LogP contribution in [0.25, 0.3) is 10.9 Å². The number of aromatic amines is 1. The summed E-state index contributed by atoms with van der Waals surface area (Å²) >= 11 is 0. The van der Waals surface area contributed by atoms with Gasteiger partial charge in [-0.05, 0) is 74.1 Å². The van der Waals surface area contributed by atoms with E-state index >= 15 is 0 Å². The Hall–Kier alpha value is -2.62. The summed E-state index contributed by atoms with van der Waals surface area (Å²) in [6.45, 7) is 1.87. The molecule has 24 heavy (non-hydrogen) atoms. The van der Waals surface area contributed by atoms with Gasteiger partial charge in [0, 0.05) is 22.2 Å². The third-order valence-electron chi connectivity index (χ3n) is 4.73. The van der Waals surface area contributed by atoms with Gasteiger partial charge in [-0.25, -0.2) is 4.39 Å². The molecule has 2 N–H and O–H groups in total. The number of fused-ring (bicyclic) bond motifs is 3. The summed E-state index contributed by atoms with van der Waals surface area (Å²) in [5, 5.41) is 3.79. The van der Waals surface area contributed by atoms with E-state index in [9.17, 15) is 9.18 Å². The lowest BCUT2D eigenvalue weighted by molar-refractivity contribution is 0.102. The quantitative estimate of drug-likeness (QED) is 0.703. The van der Waals surface area contributed by atoms with Crippen LogP contribution in [0.3, 0.4) is 0 Å². The molecular formula is C20H19FN2O. The Morgan fingerprint density at radius 1 is 1.12 bits per heavy atom. The van der Waals surface area contributed by atoms with Crippen molar-refractivity contribution in [3.8, 4) is 0 Å². The number of hydrogen-bond donors (Lipinski definition) is 2. The van der Waals surface area contributed by atoms with Gasteiger partial charge in [0.25, 0.3) is 5.91 Å². The highest BCUT2D eigenvalue weighted by atomic mass is 19.1. The zero-order chi connectivity index (χ0) is 16.7. The number of rotatable bonds is 2. The highest BCUT2D eigenvalue weighted by molar-refractivity contribution is 6.06. The minimum atomic E-state index is -0.422. The molecular weight excluding hydrogens is 303 g/mol. The number of aryl methyl sites for hydroxylation is 3. The van der Waals surface area contributed by atoms with Crippen molar-refractivity contribution in [3.63, 3.8) is 0 Å². The van der Waals surface area contributed by atoms with Crippen molar-refractivity contribution in [2.75, 3.05) is 5.32 Å². The highest BCUT2D eigenvalue weighted by Crippen LogP contribution is 2.30. The molecule has 0 atom stereocenters. The first kappa shape index (κ1) is 14.9. The van der Waals surface area contributed by atoms with Crippen molar-refractivity contribution in [2.45, 2.75) is 32.6 Å². The second-order valence-electron chi connectivity index (χ2n) is 6.49. The largest absolute Gasteiger partial charge is 0.358 e. The van der Waals surface area contributed by atoms with E-state index < -0.39 is 5.82 Å². The number of carbonyl (C=O) groups excluding carboxylic acids is 1. The molecule has 0 saturated heterocycles. The number of anilines is 1. The summed E-state index contributed by atoms with van der Waals surface area (Å²) in [4.78, 5) is 16.0. The Morgan fingerprint density at radius 2 is 1.96 bits per heavy atom. The maximum absolute atomic E-state index is 13.9. The minimum Gasteiger partial charge on any atom is -0.358 e. The third kappa shape index (κ3) is 2.58. The standard InChI is InChI=1S/C20H19FN2O/c1-12-6-8-16(21)19(10-12)23-20(24)13-7-9-18-15(11-13)14-4-2-3-5-17(14)22-18/h6-11,22H,2-5H2,1H3,(H,23,24). The molecule has 1 aliphatic rings. The van der Waals surface area contributed by atoms with Gasteiger partial charge in [-0.2, -0.15) is 0 Å². The first-order chi connectivity index (χ1) is 11.6. The van der Waals surface area contributed by atoms with Gasteiger partial charge in [0.2, 0.25) is 0 Å². The van der Waals surface area contributed by atoms with Gasteiger partial charge in [-0.15, -0.1) is 0 Å². The lowest BCUT2D eigenvalue weighted by atomic mass is 9.95. The van der Waals surface area contributed by atoms with Crippen molar-refractivity contribution in [2.24, 2.45) is 0 Å². The van der Waals surface area contributed by atoms with Gasteiger partial charge in [0.05, 0.1) is 5.69 Å².